The summed E-state index contributed by atoms with van der Waals surface area (Å²) >= 11 is 1.87. The average molecular weight is 284 g/mol. The van der Waals surface area contributed by atoms with Crippen LogP contribution in [0.3, 0.4) is 0 Å². The van der Waals surface area contributed by atoms with Gasteiger partial charge in [-0.3, -0.25) is 11.3 Å². The Labute approximate surface area is 119 Å². The molecule has 0 bridgehead atoms. The predicted octanol–water partition coefficient (Wildman–Crippen LogP) is 1.88. The first kappa shape index (κ1) is 14.9. The fraction of sp³-hybridized carbons (Fsp3) is 0.714. The summed E-state index contributed by atoms with van der Waals surface area (Å²) in [5.41, 5.74) is 2.76. The van der Waals surface area contributed by atoms with Crippen LogP contribution in [0.5, 0.6) is 0 Å². The Bertz CT molecular complexity index is 389. The highest BCUT2D eigenvalue weighted by atomic mass is 32.1. The third-order valence-electron chi connectivity index (χ3n) is 4.05. The minimum atomic E-state index is -0.205. The summed E-state index contributed by atoms with van der Waals surface area (Å²) in [6, 6.07) is 4.54. The van der Waals surface area contributed by atoms with Gasteiger partial charge >= 0.3 is 0 Å². The van der Waals surface area contributed by atoms with Gasteiger partial charge in [-0.2, -0.15) is 0 Å². The van der Waals surface area contributed by atoms with E-state index in [1.54, 1.807) is 7.11 Å². The number of thiophene rings is 1. The monoisotopic (exact) mass is 284 g/mol. The largest absolute Gasteiger partial charge is 0.381 e. The standard InChI is InChI=1S/C14H24N2O2S/c1-3-11-4-5-12(19-11)10-13(16-15)14(17-2)6-8-18-9-7-14/h4-5,13,16H,3,6-10,15H2,1-2H3. The van der Waals surface area contributed by atoms with Gasteiger partial charge in [0.1, 0.15) is 0 Å². The van der Waals surface area contributed by atoms with Gasteiger partial charge in [0.15, 0.2) is 0 Å². The molecule has 1 unspecified atom stereocenters. The number of methoxy groups -OCH3 is 1. The lowest BCUT2D eigenvalue weighted by Crippen LogP contribution is -2.57. The molecule has 0 aromatic carbocycles. The third-order valence-corrected chi connectivity index (χ3v) is 5.30. The van der Waals surface area contributed by atoms with Gasteiger partial charge in [-0.1, -0.05) is 6.92 Å². The molecule has 1 aromatic heterocycles. The van der Waals surface area contributed by atoms with Crippen LogP contribution in [0.4, 0.5) is 0 Å². The van der Waals surface area contributed by atoms with E-state index in [0.717, 1.165) is 38.9 Å². The Morgan fingerprint density at radius 3 is 2.63 bits per heavy atom. The van der Waals surface area contributed by atoms with E-state index in [9.17, 15) is 0 Å². The van der Waals surface area contributed by atoms with Crippen LogP contribution in [0.15, 0.2) is 12.1 Å². The molecule has 2 rings (SSSR count). The normalized spacial score (nSPS) is 20.4. The molecule has 4 nitrogen and oxygen atoms in total. The van der Waals surface area contributed by atoms with Crippen molar-refractivity contribution in [3.63, 3.8) is 0 Å². The Morgan fingerprint density at radius 1 is 1.42 bits per heavy atom. The molecule has 1 aromatic rings. The molecule has 3 N–H and O–H groups in total. The number of nitrogens with two attached hydrogens (primary N) is 1. The first-order valence-corrected chi connectivity index (χ1v) is 7.72. The summed E-state index contributed by atoms with van der Waals surface area (Å²) in [5.74, 6) is 5.79. The molecule has 0 amide bonds. The van der Waals surface area contributed by atoms with Crippen molar-refractivity contribution in [3.8, 4) is 0 Å². The highest BCUT2D eigenvalue weighted by molar-refractivity contribution is 7.11. The molecule has 1 aliphatic rings. The van der Waals surface area contributed by atoms with Crippen LogP contribution in [0.25, 0.3) is 0 Å². The minimum absolute atomic E-state index is 0.129. The van der Waals surface area contributed by atoms with E-state index in [1.807, 2.05) is 11.3 Å². The SMILES string of the molecule is CCc1ccc(CC(NN)C2(OC)CCOCC2)s1. The highest BCUT2D eigenvalue weighted by Gasteiger charge is 2.40. The van der Waals surface area contributed by atoms with E-state index in [4.69, 9.17) is 15.3 Å². The van der Waals surface area contributed by atoms with Crippen molar-refractivity contribution in [1.29, 1.82) is 0 Å². The number of aryl methyl sites for hydroxylation is 1. The second-order valence-corrected chi connectivity index (χ2v) is 6.28. The van der Waals surface area contributed by atoms with Crippen molar-refractivity contribution in [2.75, 3.05) is 20.3 Å². The number of nitrogens with one attached hydrogen (secondary N) is 1. The fourth-order valence-electron chi connectivity index (χ4n) is 2.73. The first-order chi connectivity index (χ1) is 9.24. The quantitative estimate of drug-likeness (QED) is 0.618. The van der Waals surface area contributed by atoms with Crippen LogP contribution in [0.2, 0.25) is 0 Å². The maximum absolute atomic E-state index is 5.82. The van der Waals surface area contributed by atoms with Crippen LogP contribution < -0.4 is 11.3 Å². The first-order valence-electron chi connectivity index (χ1n) is 6.90. The lowest BCUT2D eigenvalue weighted by atomic mass is 9.84. The van der Waals surface area contributed by atoms with Crippen molar-refractivity contribution in [2.24, 2.45) is 5.84 Å². The summed E-state index contributed by atoms with van der Waals surface area (Å²) in [4.78, 5) is 2.78. The van der Waals surface area contributed by atoms with Crippen LogP contribution in [0, 0.1) is 0 Å². The van der Waals surface area contributed by atoms with Crippen LogP contribution in [-0.2, 0) is 22.3 Å². The molecule has 0 spiro atoms. The smallest absolute Gasteiger partial charge is 0.0891 e. The van der Waals surface area contributed by atoms with E-state index < -0.39 is 0 Å². The molecular weight excluding hydrogens is 260 g/mol. The van der Waals surface area contributed by atoms with Gasteiger partial charge < -0.3 is 9.47 Å². The molecule has 5 heteroatoms. The lowest BCUT2D eigenvalue weighted by Gasteiger charge is -2.41. The van der Waals surface area contributed by atoms with Crippen molar-refractivity contribution >= 4 is 11.3 Å². The van der Waals surface area contributed by atoms with E-state index in [2.05, 4.69) is 24.5 Å². The van der Waals surface area contributed by atoms with Gasteiger partial charge in [-0.15, -0.1) is 11.3 Å². The highest BCUT2D eigenvalue weighted by Crippen LogP contribution is 2.31. The number of rotatable bonds is 6. The summed E-state index contributed by atoms with van der Waals surface area (Å²) in [6.07, 6.45) is 3.79. The van der Waals surface area contributed by atoms with Crippen LogP contribution >= 0.6 is 11.3 Å². The number of hydrazine groups is 1. The molecule has 0 aliphatic carbocycles. The molecule has 108 valence electrons. The second-order valence-electron chi connectivity index (χ2n) is 5.03. The summed E-state index contributed by atoms with van der Waals surface area (Å²) < 4.78 is 11.3. The Kier molecular flexibility index (Phi) is 5.36. The van der Waals surface area contributed by atoms with Gasteiger partial charge in [-0.05, 0) is 18.6 Å². The topological polar surface area (TPSA) is 56.5 Å². The van der Waals surface area contributed by atoms with Gasteiger partial charge in [0, 0.05) is 49.3 Å². The van der Waals surface area contributed by atoms with Gasteiger partial charge in [0.25, 0.3) is 0 Å². The van der Waals surface area contributed by atoms with Crippen molar-refractivity contribution in [3.05, 3.63) is 21.9 Å². The molecule has 19 heavy (non-hydrogen) atoms. The van der Waals surface area contributed by atoms with E-state index in [0.29, 0.717) is 0 Å². The van der Waals surface area contributed by atoms with E-state index >= 15 is 0 Å². The molecule has 1 saturated heterocycles. The molecule has 1 aliphatic heterocycles. The number of hydrogen-bond donors (Lipinski definition) is 2. The molecule has 1 atom stereocenters. The van der Waals surface area contributed by atoms with E-state index in [1.165, 1.54) is 9.75 Å². The maximum atomic E-state index is 5.82. The second kappa shape index (κ2) is 6.81. The molecule has 1 fully saturated rings. The summed E-state index contributed by atoms with van der Waals surface area (Å²) in [5, 5.41) is 0. The summed E-state index contributed by atoms with van der Waals surface area (Å²) in [7, 11) is 1.78. The van der Waals surface area contributed by atoms with Gasteiger partial charge in [-0.25, -0.2) is 0 Å². The minimum Gasteiger partial charge on any atom is -0.381 e. The Hall–Kier alpha value is -0.460. The third kappa shape index (κ3) is 3.35. The van der Waals surface area contributed by atoms with Crippen LogP contribution in [-0.4, -0.2) is 32.0 Å². The zero-order chi connectivity index (χ0) is 13.7. The van der Waals surface area contributed by atoms with Crippen LogP contribution in [0.1, 0.15) is 29.5 Å². The Balaban J connectivity index is 2.09. The van der Waals surface area contributed by atoms with Gasteiger partial charge in [0.2, 0.25) is 0 Å². The Morgan fingerprint density at radius 2 is 2.11 bits per heavy atom. The maximum Gasteiger partial charge on any atom is 0.0891 e. The number of ether oxygens (including phenoxy) is 2. The summed E-state index contributed by atoms with van der Waals surface area (Å²) in [6.45, 7) is 3.68. The fourth-order valence-corrected chi connectivity index (χ4v) is 3.74. The van der Waals surface area contributed by atoms with Crippen molar-refractivity contribution in [2.45, 2.75) is 44.2 Å². The van der Waals surface area contributed by atoms with Crippen molar-refractivity contribution in [1.82, 2.24) is 5.43 Å². The van der Waals surface area contributed by atoms with E-state index in [-0.39, 0.29) is 11.6 Å². The molecule has 0 saturated carbocycles. The average Bonchev–Trinajstić information content (AvgIpc) is 2.93. The molecule has 2 heterocycles. The zero-order valence-corrected chi connectivity index (χ0v) is 12.6. The van der Waals surface area contributed by atoms with Gasteiger partial charge in [0.05, 0.1) is 11.6 Å². The predicted molar refractivity (Wildman–Crippen MR) is 78.3 cm³/mol. The molecular formula is C14H24N2O2S. The number of hydrogen-bond acceptors (Lipinski definition) is 5. The van der Waals surface area contributed by atoms with Crippen molar-refractivity contribution < 1.29 is 9.47 Å². The molecule has 0 radical (unpaired) electrons. The lowest BCUT2D eigenvalue weighted by molar-refractivity contribution is -0.110. The zero-order valence-electron chi connectivity index (χ0n) is 11.8.